The van der Waals surface area contributed by atoms with Crippen LogP contribution < -0.4 is 4.90 Å². The van der Waals surface area contributed by atoms with Gasteiger partial charge in [-0.3, -0.25) is 9.59 Å². The Bertz CT molecular complexity index is 904. The van der Waals surface area contributed by atoms with Gasteiger partial charge in [0.25, 0.3) is 0 Å². The number of hydrogen-bond donors (Lipinski definition) is 1. The summed E-state index contributed by atoms with van der Waals surface area (Å²) in [5.74, 6) is -0.468. The van der Waals surface area contributed by atoms with Gasteiger partial charge in [-0.2, -0.15) is 0 Å². The number of nitrogens with zero attached hydrogens (tertiary/aromatic N) is 2. The maximum atomic E-state index is 13.0. The predicted molar refractivity (Wildman–Crippen MR) is 110 cm³/mol. The monoisotopic (exact) mass is 414 g/mol. The summed E-state index contributed by atoms with van der Waals surface area (Å²) in [6, 6.07) is 5.64. The van der Waals surface area contributed by atoms with E-state index >= 15 is 0 Å². The third kappa shape index (κ3) is 2.33. The zero-order valence-electron chi connectivity index (χ0n) is 18.0. The summed E-state index contributed by atoms with van der Waals surface area (Å²) >= 11 is 0. The highest BCUT2D eigenvalue weighted by molar-refractivity contribution is 5.98. The summed E-state index contributed by atoms with van der Waals surface area (Å²) in [5.41, 5.74) is 1.44. The van der Waals surface area contributed by atoms with Crippen molar-refractivity contribution in [1.29, 1.82) is 0 Å². The smallest absolute Gasteiger partial charge is 0.311 e. The second-order valence-electron chi connectivity index (χ2n) is 9.44. The Morgan fingerprint density at radius 2 is 2.07 bits per heavy atom. The highest BCUT2D eigenvalue weighted by Crippen LogP contribution is 2.63. The van der Waals surface area contributed by atoms with E-state index in [2.05, 4.69) is 18.0 Å². The number of amides is 1. The van der Waals surface area contributed by atoms with Gasteiger partial charge in [-0.25, -0.2) is 0 Å². The Kier molecular flexibility index (Phi) is 4.42. The minimum Gasteiger partial charge on any atom is -0.506 e. The Balaban J connectivity index is 1.71. The second kappa shape index (κ2) is 6.69. The Morgan fingerprint density at radius 3 is 2.77 bits per heavy atom. The first-order chi connectivity index (χ1) is 14.3. The van der Waals surface area contributed by atoms with Crippen LogP contribution in [0.15, 0.2) is 18.2 Å². The van der Waals surface area contributed by atoms with Crippen LogP contribution in [0.4, 0.5) is 5.69 Å². The topological polar surface area (TPSA) is 79.3 Å². The van der Waals surface area contributed by atoms with Crippen molar-refractivity contribution in [2.24, 2.45) is 17.8 Å². The van der Waals surface area contributed by atoms with Crippen LogP contribution in [-0.4, -0.2) is 67.4 Å². The second-order valence-corrected chi connectivity index (χ2v) is 9.44. The first-order valence-corrected chi connectivity index (χ1v) is 10.8. The predicted octanol–water partition coefficient (Wildman–Crippen LogP) is 1.91. The molecule has 1 aromatic carbocycles. The molecule has 1 N–H and O–H groups in total. The molecule has 1 spiro atoms. The van der Waals surface area contributed by atoms with E-state index in [-0.39, 0.29) is 59.0 Å². The van der Waals surface area contributed by atoms with Crippen LogP contribution in [0.1, 0.15) is 32.3 Å². The molecular weight excluding hydrogens is 384 g/mol. The standard InChI is InChI=1S/C23H30N2O5/c1-12-19(22(28)29-4)14-10-18-23(8-9-24(18)3)16-6-5-7-17(27)20(16)25(13(2)26)21(23)15(14)11-30-12/h5-7,12,14-15,18-19,21,27H,8-11H2,1-4H3/t12-,14+,15-,18-,19+,21+,23-/m1/s1. The van der Waals surface area contributed by atoms with Crippen LogP contribution in [0.25, 0.3) is 0 Å². The van der Waals surface area contributed by atoms with Crippen LogP contribution in [0.3, 0.4) is 0 Å². The highest BCUT2D eigenvalue weighted by atomic mass is 16.5. The van der Waals surface area contributed by atoms with Gasteiger partial charge < -0.3 is 24.4 Å². The highest BCUT2D eigenvalue weighted by Gasteiger charge is 2.68. The first kappa shape index (κ1) is 19.8. The van der Waals surface area contributed by atoms with E-state index in [1.165, 1.54) is 7.11 Å². The molecule has 0 radical (unpaired) electrons. The molecule has 0 unspecified atom stereocenters. The van der Waals surface area contributed by atoms with Crippen LogP contribution in [0, 0.1) is 17.8 Å². The number of carbonyl (C=O) groups is 2. The number of methoxy groups -OCH3 is 1. The molecule has 0 bridgehead atoms. The number of hydrogen-bond acceptors (Lipinski definition) is 6. The molecule has 162 valence electrons. The molecule has 4 aliphatic rings. The average molecular weight is 415 g/mol. The molecular formula is C23H30N2O5. The number of likely N-dealkylation sites (N-methyl/N-ethyl adjacent to an activating group) is 1. The number of phenols is 1. The van der Waals surface area contributed by atoms with Crippen molar-refractivity contribution >= 4 is 17.6 Å². The Labute approximate surface area is 176 Å². The largest absolute Gasteiger partial charge is 0.506 e. The summed E-state index contributed by atoms with van der Waals surface area (Å²) in [7, 11) is 3.56. The summed E-state index contributed by atoms with van der Waals surface area (Å²) in [6.45, 7) is 4.92. The fourth-order valence-corrected chi connectivity index (χ4v) is 7.25. The zero-order chi connectivity index (χ0) is 21.4. The minimum atomic E-state index is -0.355. The number of esters is 1. The van der Waals surface area contributed by atoms with Crippen molar-refractivity contribution < 1.29 is 24.2 Å². The molecule has 30 heavy (non-hydrogen) atoms. The molecule has 7 heteroatoms. The fraction of sp³-hybridized carbons (Fsp3) is 0.652. The number of para-hydroxylation sites is 1. The first-order valence-electron chi connectivity index (χ1n) is 10.8. The molecule has 7 nitrogen and oxygen atoms in total. The number of likely N-dealkylation sites (tertiary alicyclic amines) is 1. The molecule has 3 heterocycles. The summed E-state index contributed by atoms with van der Waals surface area (Å²) < 4.78 is 11.3. The maximum Gasteiger partial charge on any atom is 0.311 e. The molecule has 3 aliphatic heterocycles. The summed E-state index contributed by atoms with van der Waals surface area (Å²) in [6.07, 6.45) is 1.55. The van der Waals surface area contributed by atoms with Crippen molar-refractivity contribution in [2.75, 3.05) is 32.2 Å². The van der Waals surface area contributed by atoms with Crippen molar-refractivity contribution in [2.45, 2.75) is 50.3 Å². The molecule has 3 fully saturated rings. The lowest BCUT2D eigenvalue weighted by Gasteiger charge is -2.56. The third-order valence-corrected chi connectivity index (χ3v) is 8.35. The van der Waals surface area contributed by atoms with Crippen LogP contribution in [-0.2, 0) is 24.5 Å². The van der Waals surface area contributed by atoms with E-state index in [4.69, 9.17) is 9.47 Å². The number of benzene rings is 1. The summed E-state index contributed by atoms with van der Waals surface area (Å²) in [5, 5.41) is 10.8. The van der Waals surface area contributed by atoms with Gasteiger partial charge in [0.1, 0.15) is 5.75 Å². The molecule has 2 saturated heterocycles. The van der Waals surface area contributed by atoms with E-state index in [9.17, 15) is 14.7 Å². The van der Waals surface area contributed by atoms with Gasteiger partial charge in [-0.15, -0.1) is 0 Å². The van der Waals surface area contributed by atoms with Gasteiger partial charge in [-0.1, -0.05) is 12.1 Å². The lowest BCUT2D eigenvalue weighted by Crippen LogP contribution is -2.66. The quantitative estimate of drug-likeness (QED) is 0.708. The molecule has 0 aromatic heterocycles. The van der Waals surface area contributed by atoms with Gasteiger partial charge in [0.15, 0.2) is 0 Å². The van der Waals surface area contributed by atoms with E-state index in [1.807, 2.05) is 13.0 Å². The van der Waals surface area contributed by atoms with Gasteiger partial charge in [0.05, 0.1) is 37.5 Å². The maximum absolute atomic E-state index is 13.0. The minimum absolute atomic E-state index is 0.00347. The van der Waals surface area contributed by atoms with Gasteiger partial charge in [0.2, 0.25) is 5.91 Å². The number of phenolic OH excluding ortho intramolecular Hbond substituents is 1. The van der Waals surface area contributed by atoms with Crippen molar-refractivity contribution in [3.63, 3.8) is 0 Å². The van der Waals surface area contributed by atoms with E-state index < -0.39 is 0 Å². The third-order valence-electron chi connectivity index (χ3n) is 8.35. The van der Waals surface area contributed by atoms with Gasteiger partial charge >= 0.3 is 5.97 Å². The normalized spacial score (nSPS) is 39.7. The van der Waals surface area contributed by atoms with Crippen LogP contribution in [0.5, 0.6) is 5.75 Å². The number of anilines is 1. The zero-order valence-corrected chi connectivity index (χ0v) is 18.0. The SMILES string of the molecule is COC(=O)[C@@H]1[C@H]2C[C@H]3N(C)CC[C@@]34c3cccc(O)c3N(C(C)=O)[C@H]4[C@@H]2CO[C@@H]1C. The van der Waals surface area contributed by atoms with Crippen molar-refractivity contribution in [3.8, 4) is 5.75 Å². The Hall–Kier alpha value is -2.12. The van der Waals surface area contributed by atoms with Gasteiger partial charge in [-0.05, 0) is 50.9 Å². The van der Waals surface area contributed by atoms with Crippen LogP contribution in [0.2, 0.25) is 0 Å². The van der Waals surface area contributed by atoms with Gasteiger partial charge in [0, 0.05) is 24.3 Å². The lowest BCUT2D eigenvalue weighted by molar-refractivity contribution is -0.172. The van der Waals surface area contributed by atoms with Crippen LogP contribution >= 0.6 is 0 Å². The lowest BCUT2D eigenvalue weighted by atomic mass is 9.55. The molecule has 1 saturated carbocycles. The number of fused-ring (bicyclic) bond motifs is 3. The van der Waals surface area contributed by atoms with E-state index in [1.54, 1.807) is 17.9 Å². The van der Waals surface area contributed by atoms with Crippen molar-refractivity contribution in [1.82, 2.24) is 4.90 Å². The number of aromatic hydroxyl groups is 1. The summed E-state index contributed by atoms with van der Waals surface area (Å²) in [4.78, 5) is 29.9. The number of ether oxygens (including phenoxy) is 2. The molecule has 1 amide bonds. The average Bonchev–Trinajstić information content (AvgIpc) is 3.21. The Morgan fingerprint density at radius 1 is 1.30 bits per heavy atom. The van der Waals surface area contributed by atoms with Crippen molar-refractivity contribution in [3.05, 3.63) is 23.8 Å². The molecule has 1 aliphatic carbocycles. The fourth-order valence-electron chi connectivity index (χ4n) is 7.25. The number of carbonyl (C=O) groups excluding carboxylic acids is 2. The van der Waals surface area contributed by atoms with E-state index in [0.717, 1.165) is 24.9 Å². The molecule has 7 atom stereocenters. The van der Waals surface area contributed by atoms with E-state index in [0.29, 0.717) is 12.3 Å². The molecule has 1 aromatic rings. The molecule has 5 rings (SSSR count). The number of rotatable bonds is 1.